The highest BCUT2D eigenvalue weighted by molar-refractivity contribution is 4.94. The summed E-state index contributed by atoms with van der Waals surface area (Å²) in [5.41, 5.74) is 0. The third kappa shape index (κ3) is 4.46. The van der Waals surface area contributed by atoms with Crippen LogP contribution in [-0.2, 0) is 0 Å². The number of halogens is 4. The van der Waals surface area contributed by atoms with Crippen molar-refractivity contribution in [2.24, 2.45) is 29.6 Å². The maximum absolute atomic E-state index is 15.2. The second kappa shape index (κ2) is 8.40. The first-order chi connectivity index (χ1) is 11.3. The lowest BCUT2D eigenvalue weighted by molar-refractivity contribution is -0.159. The summed E-state index contributed by atoms with van der Waals surface area (Å²) in [6.07, 6.45) is 2.76. The van der Waals surface area contributed by atoms with E-state index in [-0.39, 0.29) is 18.3 Å². The van der Waals surface area contributed by atoms with E-state index in [4.69, 9.17) is 0 Å². The van der Waals surface area contributed by atoms with Gasteiger partial charge in [0.25, 0.3) is 5.92 Å². The van der Waals surface area contributed by atoms with Gasteiger partial charge < -0.3 is 0 Å². The molecular weight excluding hydrogens is 316 g/mol. The molecule has 5 atom stereocenters. The van der Waals surface area contributed by atoms with Gasteiger partial charge in [0.2, 0.25) is 0 Å². The molecular formula is C20H34F4. The number of hydrogen-bond acceptors (Lipinski definition) is 0. The molecule has 2 rings (SSSR count). The lowest BCUT2D eigenvalue weighted by atomic mass is 9.67. The normalized spacial score (nSPS) is 44.9. The zero-order chi connectivity index (χ0) is 17.9. The van der Waals surface area contributed by atoms with Crippen LogP contribution in [0.2, 0.25) is 0 Å². The first kappa shape index (κ1) is 20.0. The fraction of sp³-hybridized carbons (Fsp3) is 1.00. The Hall–Kier alpha value is -0.280. The number of hydrogen-bond donors (Lipinski definition) is 0. The molecule has 4 heteroatoms. The summed E-state index contributed by atoms with van der Waals surface area (Å²) in [6.45, 7) is 5.36. The lowest BCUT2D eigenvalue weighted by Gasteiger charge is -2.42. The van der Waals surface area contributed by atoms with Crippen molar-refractivity contribution in [1.82, 2.24) is 0 Å². The van der Waals surface area contributed by atoms with Gasteiger partial charge in [-0.25, -0.2) is 17.6 Å². The quantitative estimate of drug-likeness (QED) is 0.471. The minimum absolute atomic E-state index is 0.0441. The molecule has 0 aromatic carbocycles. The first-order valence-corrected chi connectivity index (χ1v) is 9.93. The van der Waals surface area contributed by atoms with Crippen molar-refractivity contribution in [2.75, 3.05) is 0 Å². The molecule has 0 N–H and O–H groups in total. The predicted molar refractivity (Wildman–Crippen MR) is 90.8 cm³/mol. The largest absolute Gasteiger partial charge is 0.256 e. The van der Waals surface area contributed by atoms with E-state index in [1.807, 2.05) is 6.92 Å². The molecule has 0 aromatic heterocycles. The van der Waals surface area contributed by atoms with E-state index in [1.165, 1.54) is 6.92 Å². The highest BCUT2D eigenvalue weighted by Gasteiger charge is 2.53. The van der Waals surface area contributed by atoms with Crippen LogP contribution < -0.4 is 0 Å². The first-order valence-electron chi connectivity index (χ1n) is 9.93. The molecule has 0 saturated heterocycles. The molecule has 0 bridgehead atoms. The molecule has 0 radical (unpaired) electrons. The van der Waals surface area contributed by atoms with Crippen LogP contribution in [0.4, 0.5) is 17.6 Å². The van der Waals surface area contributed by atoms with Gasteiger partial charge in [0, 0.05) is 5.92 Å². The highest BCUT2D eigenvalue weighted by atomic mass is 19.3. The van der Waals surface area contributed by atoms with E-state index in [0.29, 0.717) is 18.8 Å². The van der Waals surface area contributed by atoms with Crippen LogP contribution in [0, 0.1) is 29.6 Å². The number of alkyl halides is 4. The smallest absolute Gasteiger partial charge is 0.244 e. The Bertz CT molecular complexity index is 376. The van der Waals surface area contributed by atoms with Crippen molar-refractivity contribution in [1.29, 1.82) is 0 Å². The van der Waals surface area contributed by atoms with Gasteiger partial charge in [0.1, 0.15) is 12.3 Å². The van der Waals surface area contributed by atoms with Crippen LogP contribution >= 0.6 is 0 Å². The third-order valence-electron chi connectivity index (χ3n) is 6.80. The van der Waals surface area contributed by atoms with Gasteiger partial charge in [-0.1, -0.05) is 52.9 Å². The summed E-state index contributed by atoms with van der Waals surface area (Å²) < 4.78 is 58.7. The van der Waals surface area contributed by atoms with E-state index >= 15 is 8.78 Å². The topological polar surface area (TPSA) is 0 Å². The Morgan fingerprint density at radius 3 is 2.12 bits per heavy atom. The van der Waals surface area contributed by atoms with Gasteiger partial charge >= 0.3 is 0 Å². The van der Waals surface area contributed by atoms with Crippen molar-refractivity contribution >= 4 is 0 Å². The number of rotatable bonds is 2. The molecule has 0 nitrogen and oxygen atoms in total. The molecule has 142 valence electrons. The summed E-state index contributed by atoms with van der Waals surface area (Å²) in [4.78, 5) is 0. The molecule has 0 aromatic rings. The lowest BCUT2D eigenvalue weighted by Crippen LogP contribution is -2.47. The standard InChI is InChI=1S/C20H34F4/c1-4-15-8-10-16(11-9-15)17-12-13(2)6-5-7-18(21)19(22)14(3)20(17,23)24/h13-19H,4-12H2,1-3H3. The molecule has 2 aliphatic rings. The summed E-state index contributed by atoms with van der Waals surface area (Å²) >= 11 is 0. The van der Waals surface area contributed by atoms with Gasteiger partial charge in [-0.15, -0.1) is 0 Å². The predicted octanol–water partition coefficient (Wildman–Crippen LogP) is 6.98. The van der Waals surface area contributed by atoms with E-state index < -0.39 is 30.1 Å². The van der Waals surface area contributed by atoms with Crippen LogP contribution in [0.25, 0.3) is 0 Å². The highest BCUT2D eigenvalue weighted by Crippen LogP contribution is 2.49. The molecule has 0 spiro atoms. The third-order valence-corrected chi connectivity index (χ3v) is 6.80. The maximum atomic E-state index is 15.2. The van der Waals surface area contributed by atoms with E-state index in [0.717, 1.165) is 38.5 Å². The van der Waals surface area contributed by atoms with Crippen molar-refractivity contribution in [3.05, 3.63) is 0 Å². The monoisotopic (exact) mass is 350 g/mol. The molecule has 2 aliphatic carbocycles. The molecule has 2 fully saturated rings. The summed E-state index contributed by atoms with van der Waals surface area (Å²) in [5, 5.41) is 0. The van der Waals surface area contributed by atoms with Crippen LogP contribution in [0.15, 0.2) is 0 Å². The average molecular weight is 350 g/mol. The average Bonchev–Trinajstić information content (AvgIpc) is 2.57. The van der Waals surface area contributed by atoms with Gasteiger partial charge in [-0.2, -0.15) is 0 Å². The molecule has 0 heterocycles. The molecule has 0 aliphatic heterocycles. The van der Waals surface area contributed by atoms with E-state index in [1.54, 1.807) is 0 Å². The fourth-order valence-electron chi connectivity index (χ4n) is 4.90. The Balaban J connectivity index is 2.20. The summed E-state index contributed by atoms with van der Waals surface area (Å²) in [6, 6.07) is 0. The van der Waals surface area contributed by atoms with E-state index in [9.17, 15) is 8.78 Å². The molecule has 5 unspecified atom stereocenters. The summed E-state index contributed by atoms with van der Waals surface area (Å²) in [7, 11) is 0. The molecule has 2 saturated carbocycles. The zero-order valence-electron chi connectivity index (χ0n) is 15.4. The van der Waals surface area contributed by atoms with Crippen LogP contribution in [0.5, 0.6) is 0 Å². The van der Waals surface area contributed by atoms with Gasteiger partial charge in [0.15, 0.2) is 0 Å². The van der Waals surface area contributed by atoms with Gasteiger partial charge in [-0.05, 0) is 43.4 Å². The van der Waals surface area contributed by atoms with Crippen LogP contribution in [-0.4, -0.2) is 18.3 Å². The molecule has 24 heavy (non-hydrogen) atoms. The van der Waals surface area contributed by atoms with Crippen molar-refractivity contribution < 1.29 is 17.6 Å². The Kier molecular flexibility index (Phi) is 7.01. The van der Waals surface area contributed by atoms with Crippen LogP contribution in [0.1, 0.15) is 78.6 Å². The second-order valence-electron chi connectivity index (χ2n) is 8.49. The van der Waals surface area contributed by atoms with Crippen LogP contribution in [0.3, 0.4) is 0 Å². The SMILES string of the molecule is CCC1CCC(C2CC(C)CCCC(F)C(F)C(C)C2(F)F)CC1. The Labute approximate surface area is 144 Å². The van der Waals surface area contributed by atoms with Crippen molar-refractivity contribution in [3.63, 3.8) is 0 Å². The van der Waals surface area contributed by atoms with E-state index in [2.05, 4.69) is 6.92 Å². The Morgan fingerprint density at radius 1 is 0.917 bits per heavy atom. The van der Waals surface area contributed by atoms with Gasteiger partial charge in [-0.3, -0.25) is 0 Å². The minimum atomic E-state index is -3.13. The molecule has 0 amide bonds. The summed E-state index contributed by atoms with van der Waals surface area (Å²) in [5.74, 6) is -4.71. The van der Waals surface area contributed by atoms with Crippen molar-refractivity contribution in [3.8, 4) is 0 Å². The minimum Gasteiger partial charge on any atom is -0.244 e. The fourth-order valence-corrected chi connectivity index (χ4v) is 4.90. The maximum Gasteiger partial charge on any atom is 0.256 e. The van der Waals surface area contributed by atoms with Gasteiger partial charge in [0.05, 0.1) is 5.92 Å². The Morgan fingerprint density at radius 2 is 1.54 bits per heavy atom. The van der Waals surface area contributed by atoms with Crippen molar-refractivity contribution in [2.45, 2.75) is 96.8 Å². The second-order valence-corrected chi connectivity index (χ2v) is 8.49. The zero-order valence-corrected chi connectivity index (χ0v) is 15.4.